The molecule has 3 rings (SSSR count). The summed E-state index contributed by atoms with van der Waals surface area (Å²) in [6.07, 6.45) is 2.96. The van der Waals surface area contributed by atoms with Crippen molar-refractivity contribution in [2.75, 3.05) is 0 Å². The second kappa shape index (κ2) is 6.97. The minimum absolute atomic E-state index is 0.114. The highest BCUT2D eigenvalue weighted by atomic mass is 79.9. The molecule has 6 heteroatoms. The number of para-hydroxylation sites is 1. The van der Waals surface area contributed by atoms with Crippen LogP contribution in [0.3, 0.4) is 0 Å². The number of phenols is 1. The first kappa shape index (κ1) is 16.4. The first-order valence-corrected chi connectivity index (χ1v) is 8.43. The number of rotatable bonds is 4. The Morgan fingerprint density at radius 2 is 2.08 bits per heavy atom. The molecule has 0 unspecified atom stereocenters. The summed E-state index contributed by atoms with van der Waals surface area (Å²) in [6, 6.07) is 12.3. The second-order valence-electron chi connectivity index (χ2n) is 5.36. The van der Waals surface area contributed by atoms with E-state index in [0.717, 1.165) is 10.9 Å². The third kappa shape index (κ3) is 3.23. The van der Waals surface area contributed by atoms with Crippen LogP contribution in [0.2, 0.25) is 0 Å². The summed E-state index contributed by atoms with van der Waals surface area (Å²) in [5.74, 6) is 0.715. The van der Waals surface area contributed by atoms with Crippen molar-refractivity contribution < 1.29 is 5.11 Å². The molecule has 0 saturated heterocycles. The van der Waals surface area contributed by atoms with Crippen LogP contribution in [0, 0.1) is 0 Å². The molecule has 0 amide bonds. The van der Waals surface area contributed by atoms with Gasteiger partial charge in [-0.25, -0.2) is 4.98 Å². The van der Waals surface area contributed by atoms with Crippen molar-refractivity contribution in [2.45, 2.75) is 19.8 Å². The van der Waals surface area contributed by atoms with Crippen molar-refractivity contribution in [1.82, 2.24) is 9.66 Å². The van der Waals surface area contributed by atoms with Crippen LogP contribution in [-0.4, -0.2) is 21.0 Å². The van der Waals surface area contributed by atoms with Crippen molar-refractivity contribution in [3.63, 3.8) is 0 Å². The van der Waals surface area contributed by atoms with Crippen molar-refractivity contribution in [3.05, 3.63) is 68.7 Å². The molecule has 0 saturated carbocycles. The smallest absolute Gasteiger partial charge is 0.282 e. The maximum absolute atomic E-state index is 12.8. The van der Waals surface area contributed by atoms with Crippen LogP contribution in [0.15, 0.2) is 56.8 Å². The van der Waals surface area contributed by atoms with Crippen molar-refractivity contribution in [2.24, 2.45) is 5.10 Å². The second-order valence-corrected chi connectivity index (χ2v) is 6.28. The van der Waals surface area contributed by atoms with Crippen molar-refractivity contribution in [3.8, 4) is 5.75 Å². The SMILES string of the molecule is CCCc1nc2ccc(Br)cc2c(=O)n1N=Cc1ccccc1O. The molecular formula is C18H16BrN3O2. The van der Waals surface area contributed by atoms with Crippen molar-refractivity contribution >= 4 is 33.0 Å². The van der Waals surface area contributed by atoms with Crippen molar-refractivity contribution in [1.29, 1.82) is 0 Å². The maximum Gasteiger partial charge on any atom is 0.282 e. The number of halogens is 1. The van der Waals surface area contributed by atoms with Gasteiger partial charge in [-0.05, 0) is 36.8 Å². The fourth-order valence-corrected chi connectivity index (χ4v) is 2.78. The Morgan fingerprint density at radius 3 is 2.83 bits per heavy atom. The van der Waals surface area contributed by atoms with Crippen LogP contribution in [0.25, 0.3) is 10.9 Å². The fraction of sp³-hybridized carbons (Fsp3) is 0.167. The molecule has 3 aromatic rings. The normalized spacial score (nSPS) is 11.4. The van der Waals surface area contributed by atoms with E-state index in [2.05, 4.69) is 26.0 Å². The Kier molecular flexibility index (Phi) is 4.76. The van der Waals surface area contributed by atoms with Crippen LogP contribution >= 0.6 is 15.9 Å². The van der Waals surface area contributed by atoms with Crippen LogP contribution in [0.5, 0.6) is 5.75 Å². The van der Waals surface area contributed by atoms with E-state index in [1.807, 2.05) is 19.1 Å². The first-order chi connectivity index (χ1) is 11.6. The van der Waals surface area contributed by atoms with E-state index in [4.69, 9.17) is 0 Å². The Labute approximate surface area is 147 Å². The molecule has 0 aliphatic carbocycles. The summed E-state index contributed by atoms with van der Waals surface area (Å²) in [6.45, 7) is 2.02. The first-order valence-electron chi connectivity index (χ1n) is 7.63. The quantitative estimate of drug-likeness (QED) is 0.696. The van der Waals surface area contributed by atoms with E-state index in [1.54, 1.807) is 30.3 Å². The lowest BCUT2D eigenvalue weighted by molar-refractivity contribution is 0.474. The standard InChI is InChI=1S/C18H16BrN3O2/c1-2-5-17-21-15-9-8-13(19)10-14(15)18(24)22(17)20-11-12-6-3-4-7-16(12)23/h3-4,6-11,23H,2,5H2,1H3. The molecule has 1 heterocycles. The zero-order chi connectivity index (χ0) is 17.1. The molecular weight excluding hydrogens is 370 g/mol. The average molecular weight is 386 g/mol. The lowest BCUT2D eigenvalue weighted by Crippen LogP contribution is -2.22. The van der Waals surface area contributed by atoms with Gasteiger partial charge in [-0.3, -0.25) is 4.79 Å². The molecule has 0 aliphatic heterocycles. The van der Waals surface area contributed by atoms with E-state index in [0.29, 0.717) is 28.7 Å². The highest BCUT2D eigenvalue weighted by Gasteiger charge is 2.10. The number of benzene rings is 2. The van der Waals surface area contributed by atoms with Crippen LogP contribution in [0.1, 0.15) is 24.7 Å². The van der Waals surface area contributed by atoms with Gasteiger partial charge in [0.1, 0.15) is 11.6 Å². The minimum Gasteiger partial charge on any atom is -0.507 e. The zero-order valence-electron chi connectivity index (χ0n) is 13.1. The molecule has 0 bridgehead atoms. The van der Waals surface area contributed by atoms with Gasteiger partial charge >= 0.3 is 0 Å². The molecule has 0 aliphatic rings. The number of aromatic hydroxyl groups is 1. The third-order valence-electron chi connectivity index (χ3n) is 3.60. The predicted molar refractivity (Wildman–Crippen MR) is 98.8 cm³/mol. The third-order valence-corrected chi connectivity index (χ3v) is 4.09. The summed E-state index contributed by atoms with van der Waals surface area (Å²) in [5.41, 5.74) is 0.971. The molecule has 0 radical (unpaired) electrons. The number of hydrogen-bond donors (Lipinski definition) is 1. The number of aryl methyl sites for hydroxylation is 1. The van der Waals surface area contributed by atoms with Gasteiger partial charge < -0.3 is 5.11 Å². The Bertz CT molecular complexity index is 980. The molecule has 1 aromatic heterocycles. The number of nitrogens with zero attached hydrogens (tertiary/aromatic N) is 3. The highest BCUT2D eigenvalue weighted by Crippen LogP contribution is 2.17. The molecule has 0 fully saturated rings. The number of hydrogen-bond acceptors (Lipinski definition) is 4. The molecule has 5 nitrogen and oxygen atoms in total. The van der Waals surface area contributed by atoms with Gasteiger partial charge in [-0.2, -0.15) is 9.78 Å². The largest absolute Gasteiger partial charge is 0.507 e. The molecule has 2 aromatic carbocycles. The van der Waals surface area contributed by atoms with Gasteiger partial charge in [-0.1, -0.05) is 35.0 Å². The van der Waals surface area contributed by atoms with E-state index >= 15 is 0 Å². The van der Waals surface area contributed by atoms with Crippen LogP contribution in [-0.2, 0) is 6.42 Å². The Balaban J connectivity index is 2.18. The van der Waals surface area contributed by atoms with Gasteiger partial charge in [0.2, 0.25) is 0 Å². The van der Waals surface area contributed by atoms with E-state index in [-0.39, 0.29) is 11.3 Å². The van der Waals surface area contributed by atoms with Gasteiger partial charge in [0, 0.05) is 16.5 Å². The van der Waals surface area contributed by atoms with E-state index in [1.165, 1.54) is 10.9 Å². The Hall–Kier alpha value is -2.47. The van der Waals surface area contributed by atoms with Gasteiger partial charge in [0.25, 0.3) is 5.56 Å². The zero-order valence-corrected chi connectivity index (χ0v) is 14.7. The fourth-order valence-electron chi connectivity index (χ4n) is 2.42. The van der Waals surface area contributed by atoms with Gasteiger partial charge in [0.05, 0.1) is 17.1 Å². The van der Waals surface area contributed by atoms with Crippen LogP contribution in [0.4, 0.5) is 0 Å². The predicted octanol–water partition coefficient (Wildman–Crippen LogP) is 3.70. The number of aromatic nitrogens is 2. The monoisotopic (exact) mass is 385 g/mol. The maximum atomic E-state index is 12.8. The Morgan fingerprint density at radius 1 is 1.29 bits per heavy atom. The van der Waals surface area contributed by atoms with Crippen LogP contribution < -0.4 is 5.56 Å². The summed E-state index contributed by atoms with van der Waals surface area (Å²) in [4.78, 5) is 17.4. The van der Waals surface area contributed by atoms with E-state index < -0.39 is 0 Å². The molecule has 1 N–H and O–H groups in total. The highest BCUT2D eigenvalue weighted by molar-refractivity contribution is 9.10. The van der Waals surface area contributed by atoms with Gasteiger partial charge in [0.15, 0.2) is 0 Å². The molecule has 0 spiro atoms. The molecule has 122 valence electrons. The topological polar surface area (TPSA) is 67.5 Å². The summed E-state index contributed by atoms with van der Waals surface area (Å²) in [5, 5.41) is 14.6. The van der Waals surface area contributed by atoms with E-state index in [9.17, 15) is 9.90 Å². The summed E-state index contributed by atoms with van der Waals surface area (Å²) >= 11 is 3.38. The van der Waals surface area contributed by atoms with Gasteiger partial charge in [-0.15, -0.1) is 0 Å². The molecule has 0 atom stereocenters. The number of fused-ring (bicyclic) bond motifs is 1. The minimum atomic E-state index is -0.226. The summed E-state index contributed by atoms with van der Waals surface area (Å²) in [7, 11) is 0. The lowest BCUT2D eigenvalue weighted by atomic mass is 10.2. The average Bonchev–Trinajstić information content (AvgIpc) is 2.57. The summed E-state index contributed by atoms with van der Waals surface area (Å²) < 4.78 is 2.12. The number of phenolic OH excluding ortho intramolecular Hbond substituents is 1. The lowest BCUT2D eigenvalue weighted by Gasteiger charge is -2.08. The molecule has 24 heavy (non-hydrogen) atoms.